The van der Waals surface area contributed by atoms with Crippen molar-refractivity contribution in [3.05, 3.63) is 106 Å². The summed E-state index contributed by atoms with van der Waals surface area (Å²) in [5.41, 5.74) is 5.40. The van der Waals surface area contributed by atoms with E-state index in [-0.39, 0.29) is 6.61 Å². The zero-order valence-electron chi connectivity index (χ0n) is 20.4. The predicted molar refractivity (Wildman–Crippen MR) is 143 cm³/mol. The summed E-state index contributed by atoms with van der Waals surface area (Å²) in [6, 6.07) is 24.3. The fourth-order valence-electron chi connectivity index (χ4n) is 4.72. The lowest BCUT2D eigenvalue weighted by atomic mass is 9.97. The number of fused-ring (bicyclic) bond motifs is 2. The largest absolute Gasteiger partial charge is 0.494 e. The second-order valence-electron chi connectivity index (χ2n) is 8.63. The van der Waals surface area contributed by atoms with Crippen molar-refractivity contribution in [1.29, 1.82) is 0 Å². The summed E-state index contributed by atoms with van der Waals surface area (Å²) in [6.07, 6.45) is 1.82. The standard InChI is InChI=1S/C30H28NO4S/c1-3-34-30(32)28-27(25-19-36-26-14-8-7-13-22(25)26)23-16-15-21(18-24(23)29(28)31(2)33)35-17-9-12-20-10-5-4-6-11-20/h4-8,10-11,13-16,18-19,33H,3,9,12,17H2,1-2H3/q+1. The molecule has 0 spiro atoms. The molecule has 0 fully saturated rings. The number of hydrogen-bond acceptors (Lipinski definition) is 5. The van der Waals surface area contributed by atoms with Crippen LogP contribution in [0.25, 0.3) is 15.7 Å². The highest BCUT2D eigenvalue weighted by atomic mass is 32.1. The summed E-state index contributed by atoms with van der Waals surface area (Å²) >= 11 is 1.63. The number of hydrogen-bond donors (Lipinski definition) is 1. The van der Waals surface area contributed by atoms with Crippen LogP contribution in [0.1, 0.15) is 35.6 Å². The van der Waals surface area contributed by atoms with E-state index in [4.69, 9.17) is 9.47 Å². The van der Waals surface area contributed by atoms with Crippen LogP contribution in [-0.2, 0) is 16.0 Å². The summed E-state index contributed by atoms with van der Waals surface area (Å²) in [4.78, 5) is 13.2. The van der Waals surface area contributed by atoms with Crippen molar-refractivity contribution in [2.45, 2.75) is 19.8 Å². The first-order valence-electron chi connectivity index (χ1n) is 12.1. The van der Waals surface area contributed by atoms with Crippen molar-refractivity contribution in [2.75, 3.05) is 20.3 Å². The molecule has 6 heteroatoms. The highest BCUT2D eigenvalue weighted by Crippen LogP contribution is 2.43. The van der Waals surface area contributed by atoms with E-state index >= 15 is 0 Å². The van der Waals surface area contributed by atoms with Gasteiger partial charge in [0.15, 0.2) is 7.05 Å². The first-order chi connectivity index (χ1) is 17.6. The summed E-state index contributed by atoms with van der Waals surface area (Å²) < 4.78 is 13.7. The van der Waals surface area contributed by atoms with Crippen molar-refractivity contribution in [1.82, 2.24) is 0 Å². The zero-order chi connectivity index (χ0) is 25.1. The van der Waals surface area contributed by atoms with Crippen LogP contribution in [0.3, 0.4) is 0 Å². The van der Waals surface area contributed by atoms with Crippen molar-refractivity contribution in [2.24, 2.45) is 0 Å². The molecular formula is C30H28NO4S+. The van der Waals surface area contributed by atoms with Gasteiger partial charge in [-0.1, -0.05) is 48.5 Å². The van der Waals surface area contributed by atoms with Gasteiger partial charge in [-0.2, -0.15) is 0 Å². The topological polar surface area (TPSA) is 58.8 Å². The van der Waals surface area contributed by atoms with E-state index in [9.17, 15) is 10.0 Å². The van der Waals surface area contributed by atoms with Gasteiger partial charge in [0, 0.05) is 21.2 Å². The molecule has 3 aromatic carbocycles. The van der Waals surface area contributed by atoms with E-state index in [1.165, 1.54) is 12.6 Å². The first kappa shape index (κ1) is 23.8. The molecule has 1 heterocycles. The molecule has 0 radical (unpaired) electrons. The lowest BCUT2D eigenvalue weighted by Gasteiger charge is -2.09. The molecule has 36 heavy (non-hydrogen) atoms. The second-order valence-corrected chi connectivity index (χ2v) is 9.54. The maximum atomic E-state index is 13.2. The Balaban J connectivity index is 1.52. The number of ether oxygens (including phenoxy) is 2. The molecule has 0 amide bonds. The highest BCUT2D eigenvalue weighted by Gasteiger charge is 2.41. The normalized spacial score (nSPS) is 14.2. The number of carbonyl (C=O) groups is 1. The van der Waals surface area contributed by atoms with Gasteiger partial charge in [-0.15, -0.1) is 11.3 Å². The fourth-order valence-corrected chi connectivity index (χ4v) is 5.67. The molecule has 0 saturated carbocycles. The van der Waals surface area contributed by atoms with E-state index in [1.807, 2.05) is 48.5 Å². The SMILES string of the molecule is CCOC(=O)C1=C(c2csc3ccccc23)c2ccc(OCCCc3ccccc3)cc2C1=[N+](C)O. The Bertz CT molecular complexity index is 1480. The molecule has 5 rings (SSSR count). The number of benzene rings is 3. The molecule has 1 N–H and O–H groups in total. The number of thiophene rings is 1. The molecule has 5 nitrogen and oxygen atoms in total. The van der Waals surface area contributed by atoms with E-state index < -0.39 is 5.97 Å². The smallest absolute Gasteiger partial charge is 0.345 e. The maximum absolute atomic E-state index is 13.2. The van der Waals surface area contributed by atoms with E-state index in [2.05, 4.69) is 29.6 Å². The lowest BCUT2D eigenvalue weighted by Crippen LogP contribution is -2.22. The van der Waals surface area contributed by atoms with Crippen molar-refractivity contribution in [3.63, 3.8) is 0 Å². The summed E-state index contributed by atoms with van der Waals surface area (Å²) in [5.74, 6) is 0.237. The molecule has 1 aromatic heterocycles. The minimum atomic E-state index is -0.458. The Labute approximate surface area is 214 Å². The number of nitrogens with zero attached hydrogens (tertiary/aromatic N) is 1. The average Bonchev–Trinajstić information content (AvgIpc) is 3.46. The van der Waals surface area contributed by atoms with Crippen LogP contribution in [0, 0.1) is 0 Å². The van der Waals surface area contributed by atoms with Crippen molar-refractivity contribution in [3.8, 4) is 5.75 Å². The quantitative estimate of drug-likeness (QED) is 0.105. The van der Waals surface area contributed by atoms with Crippen LogP contribution in [0.2, 0.25) is 0 Å². The Hall–Kier alpha value is -3.90. The van der Waals surface area contributed by atoms with Crippen LogP contribution in [0.15, 0.2) is 83.7 Å². The summed E-state index contributed by atoms with van der Waals surface area (Å²) in [5, 5.41) is 13.8. The number of hydroxylamine groups is 1. The van der Waals surface area contributed by atoms with Gasteiger partial charge in [0.1, 0.15) is 11.3 Å². The van der Waals surface area contributed by atoms with Gasteiger partial charge in [-0.05, 0) is 65.3 Å². The molecule has 1 aliphatic rings. The van der Waals surface area contributed by atoms with Gasteiger partial charge in [0.25, 0.3) is 5.71 Å². The number of rotatable bonds is 8. The van der Waals surface area contributed by atoms with Gasteiger partial charge >= 0.3 is 5.97 Å². The third kappa shape index (κ3) is 4.52. The predicted octanol–water partition coefficient (Wildman–Crippen LogP) is 6.11. The van der Waals surface area contributed by atoms with E-state index in [0.29, 0.717) is 23.6 Å². The Morgan fingerprint density at radius 2 is 1.75 bits per heavy atom. The van der Waals surface area contributed by atoms with Crippen molar-refractivity contribution >= 4 is 38.7 Å². The molecule has 0 bridgehead atoms. The fraction of sp³-hybridized carbons (Fsp3) is 0.200. The number of carbonyl (C=O) groups excluding carboxylic acids is 1. The Morgan fingerprint density at radius 1 is 0.972 bits per heavy atom. The summed E-state index contributed by atoms with van der Waals surface area (Å²) in [6.45, 7) is 2.59. The first-order valence-corrected chi connectivity index (χ1v) is 13.0. The molecule has 4 aromatic rings. The highest BCUT2D eigenvalue weighted by molar-refractivity contribution is 7.17. The molecule has 1 aliphatic carbocycles. The Morgan fingerprint density at radius 3 is 2.53 bits per heavy atom. The third-order valence-corrected chi connectivity index (χ3v) is 7.24. The van der Waals surface area contributed by atoms with Gasteiger partial charge in [-0.3, -0.25) is 5.21 Å². The molecule has 0 saturated heterocycles. The van der Waals surface area contributed by atoms with Gasteiger partial charge < -0.3 is 9.47 Å². The van der Waals surface area contributed by atoms with Crippen LogP contribution < -0.4 is 4.74 Å². The summed E-state index contributed by atoms with van der Waals surface area (Å²) in [7, 11) is 1.53. The molecule has 182 valence electrons. The Kier molecular flexibility index (Phi) is 6.87. The maximum Gasteiger partial charge on any atom is 0.345 e. The van der Waals surface area contributed by atoms with Crippen molar-refractivity contribution < 1.29 is 24.2 Å². The van der Waals surface area contributed by atoms with Crippen LogP contribution in [0.4, 0.5) is 0 Å². The van der Waals surface area contributed by atoms with Crippen LogP contribution >= 0.6 is 11.3 Å². The molecule has 0 aliphatic heterocycles. The second kappa shape index (κ2) is 10.4. The van der Waals surface area contributed by atoms with Gasteiger partial charge in [0.2, 0.25) is 0 Å². The third-order valence-electron chi connectivity index (χ3n) is 6.28. The lowest BCUT2D eigenvalue weighted by molar-refractivity contribution is -0.753. The number of aryl methyl sites for hydroxylation is 1. The molecule has 0 unspecified atom stereocenters. The average molecular weight is 499 g/mol. The van der Waals surface area contributed by atoms with Gasteiger partial charge in [0.05, 0.1) is 18.8 Å². The van der Waals surface area contributed by atoms with E-state index in [0.717, 1.165) is 49.9 Å². The van der Waals surface area contributed by atoms with Crippen LogP contribution in [-0.4, -0.2) is 41.9 Å². The monoisotopic (exact) mass is 498 g/mol. The number of esters is 1. The molecular weight excluding hydrogens is 470 g/mol. The minimum absolute atomic E-state index is 0.245. The van der Waals surface area contributed by atoms with E-state index in [1.54, 1.807) is 18.3 Å². The van der Waals surface area contributed by atoms with Gasteiger partial charge in [-0.25, -0.2) is 4.79 Å². The zero-order valence-corrected chi connectivity index (χ0v) is 21.2. The molecule has 0 atom stereocenters. The van der Waals surface area contributed by atoms with Crippen LogP contribution in [0.5, 0.6) is 5.75 Å². The minimum Gasteiger partial charge on any atom is -0.494 e.